The van der Waals surface area contributed by atoms with Crippen LogP contribution in [0.2, 0.25) is 5.02 Å². The van der Waals surface area contributed by atoms with Crippen molar-refractivity contribution in [3.8, 4) is 0 Å². The summed E-state index contributed by atoms with van der Waals surface area (Å²) < 4.78 is 13.3. The Morgan fingerprint density at radius 3 is 2.76 bits per heavy atom. The standard InChI is InChI=1S/C17H14ClFN2/c1-20-17(15-6-5-12(19)9-16(15)18)14-4-2-3-11-10-21-8-7-13(11)14/h2-10,17,20H,1H3. The monoisotopic (exact) mass is 300 g/mol. The first-order valence-electron chi connectivity index (χ1n) is 6.65. The lowest BCUT2D eigenvalue weighted by molar-refractivity contribution is 0.624. The molecule has 0 spiro atoms. The van der Waals surface area contributed by atoms with Crippen LogP contribution < -0.4 is 5.32 Å². The van der Waals surface area contributed by atoms with Gasteiger partial charge in [0.1, 0.15) is 5.82 Å². The Kier molecular flexibility index (Phi) is 3.86. The molecule has 0 fully saturated rings. The number of hydrogen-bond donors (Lipinski definition) is 1. The summed E-state index contributed by atoms with van der Waals surface area (Å²) in [6.07, 6.45) is 3.60. The Bertz CT molecular complexity index is 783. The third kappa shape index (κ3) is 2.62. The van der Waals surface area contributed by atoms with Crippen LogP contribution in [0.1, 0.15) is 17.2 Å². The number of rotatable bonds is 3. The maximum atomic E-state index is 13.3. The van der Waals surface area contributed by atoms with E-state index in [-0.39, 0.29) is 11.9 Å². The predicted molar refractivity (Wildman–Crippen MR) is 84.1 cm³/mol. The summed E-state index contributed by atoms with van der Waals surface area (Å²) in [6.45, 7) is 0. The van der Waals surface area contributed by atoms with E-state index in [1.54, 1.807) is 12.3 Å². The lowest BCUT2D eigenvalue weighted by Gasteiger charge is -2.20. The van der Waals surface area contributed by atoms with E-state index in [4.69, 9.17) is 11.6 Å². The maximum absolute atomic E-state index is 13.3. The van der Waals surface area contributed by atoms with Crippen molar-refractivity contribution in [2.45, 2.75) is 6.04 Å². The molecule has 0 radical (unpaired) electrons. The SMILES string of the molecule is CNC(c1ccc(F)cc1Cl)c1cccc2cnccc12. The molecule has 1 N–H and O–H groups in total. The van der Waals surface area contributed by atoms with Gasteiger partial charge in [0.25, 0.3) is 0 Å². The van der Waals surface area contributed by atoms with Crippen LogP contribution in [0.5, 0.6) is 0 Å². The van der Waals surface area contributed by atoms with Gasteiger partial charge in [-0.15, -0.1) is 0 Å². The summed E-state index contributed by atoms with van der Waals surface area (Å²) in [4.78, 5) is 4.14. The fourth-order valence-electron chi connectivity index (χ4n) is 2.61. The molecule has 106 valence electrons. The number of nitrogens with zero attached hydrogens (tertiary/aromatic N) is 1. The van der Waals surface area contributed by atoms with Crippen molar-refractivity contribution >= 4 is 22.4 Å². The molecule has 0 aliphatic carbocycles. The number of benzene rings is 2. The number of halogens is 2. The Labute approximate surface area is 127 Å². The van der Waals surface area contributed by atoms with E-state index in [1.807, 2.05) is 37.5 Å². The van der Waals surface area contributed by atoms with Gasteiger partial charge in [0.05, 0.1) is 6.04 Å². The van der Waals surface area contributed by atoms with E-state index in [0.717, 1.165) is 21.9 Å². The highest BCUT2D eigenvalue weighted by Gasteiger charge is 2.17. The zero-order chi connectivity index (χ0) is 14.8. The zero-order valence-electron chi connectivity index (χ0n) is 11.5. The quantitative estimate of drug-likeness (QED) is 0.778. The van der Waals surface area contributed by atoms with Gasteiger partial charge < -0.3 is 5.32 Å². The Balaban J connectivity index is 2.18. The molecule has 3 aromatic rings. The summed E-state index contributed by atoms with van der Waals surface area (Å²) in [7, 11) is 1.87. The van der Waals surface area contributed by atoms with Gasteiger partial charge in [-0.25, -0.2) is 4.39 Å². The van der Waals surface area contributed by atoms with Crippen molar-refractivity contribution in [2.24, 2.45) is 0 Å². The van der Waals surface area contributed by atoms with Gasteiger partial charge in [0.2, 0.25) is 0 Å². The van der Waals surface area contributed by atoms with Crippen molar-refractivity contribution in [3.05, 3.63) is 76.8 Å². The van der Waals surface area contributed by atoms with Gasteiger partial charge in [0.15, 0.2) is 0 Å². The van der Waals surface area contributed by atoms with Crippen molar-refractivity contribution in [1.29, 1.82) is 0 Å². The van der Waals surface area contributed by atoms with Gasteiger partial charge in [-0.05, 0) is 41.8 Å². The molecule has 1 aromatic heterocycles. The van der Waals surface area contributed by atoms with E-state index in [2.05, 4.69) is 10.3 Å². The number of fused-ring (bicyclic) bond motifs is 1. The van der Waals surface area contributed by atoms with Gasteiger partial charge in [-0.2, -0.15) is 0 Å². The van der Waals surface area contributed by atoms with Gasteiger partial charge in [-0.1, -0.05) is 35.9 Å². The summed E-state index contributed by atoms with van der Waals surface area (Å²) in [5.74, 6) is -0.333. The highest BCUT2D eigenvalue weighted by molar-refractivity contribution is 6.31. The second kappa shape index (κ2) is 5.80. The first-order valence-corrected chi connectivity index (χ1v) is 7.03. The van der Waals surface area contributed by atoms with E-state index in [1.165, 1.54) is 12.1 Å². The first kappa shape index (κ1) is 14.0. The number of hydrogen-bond acceptors (Lipinski definition) is 2. The number of aromatic nitrogens is 1. The molecule has 1 atom stereocenters. The smallest absolute Gasteiger partial charge is 0.124 e. The van der Waals surface area contributed by atoms with Crippen molar-refractivity contribution in [2.75, 3.05) is 7.05 Å². The molecule has 3 rings (SSSR count). The molecule has 2 aromatic carbocycles. The first-order chi connectivity index (χ1) is 10.2. The van der Waals surface area contributed by atoms with Crippen LogP contribution in [0, 0.1) is 5.82 Å². The molecular formula is C17H14ClFN2. The van der Waals surface area contributed by atoms with Gasteiger partial charge in [-0.3, -0.25) is 4.98 Å². The molecule has 0 aliphatic heterocycles. The van der Waals surface area contributed by atoms with E-state index in [0.29, 0.717) is 5.02 Å². The van der Waals surface area contributed by atoms with E-state index >= 15 is 0 Å². The fraction of sp³-hybridized carbons (Fsp3) is 0.118. The minimum atomic E-state index is -0.333. The number of nitrogens with one attached hydrogen (secondary N) is 1. The topological polar surface area (TPSA) is 24.9 Å². The normalized spacial score (nSPS) is 12.5. The lowest BCUT2D eigenvalue weighted by Crippen LogP contribution is -2.18. The van der Waals surface area contributed by atoms with Crippen molar-refractivity contribution in [1.82, 2.24) is 10.3 Å². The Morgan fingerprint density at radius 2 is 2.00 bits per heavy atom. The third-order valence-electron chi connectivity index (χ3n) is 3.59. The zero-order valence-corrected chi connectivity index (χ0v) is 12.2. The minimum Gasteiger partial charge on any atom is -0.309 e. The van der Waals surface area contributed by atoms with E-state index < -0.39 is 0 Å². The average Bonchev–Trinajstić information content (AvgIpc) is 2.50. The van der Waals surface area contributed by atoms with Crippen molar-refractivity contribution < 1.29 is 4.39 Å². The molecule has 0 saturated carbocycles. The second-order valence-corrected chi connectivity index (χ2v) is 5.24. The maximum Gasteiger partial charge on any atom is 0.124 e. The largest absolute Gasteiger partial charge is 0.309 e. The van der Waals surface area contributed by atoms with Crippen LogP contribution in [0.4, 0.5) is 4.39 Å². The Hall–Kier alpha value is -1.97. The molecule has 21 heavy (non-hydrogen) atoms. The van der Waals surface area contributed by atoms with Gasteiger partial charge >= 0.3 is 0 Å². The average molecular weight is 301 g/mol. The minimum absolute atomic E-state index is 0.107. The molecule has 0 amide bonds. The molecule has 0 saturated heterocycles. The fourth-order valence-corrected chi connectivity index (χ4v) is 2.89. The molecule has 1 unspecified atom stereocenters. The molecule has 1 heterocycles. The second-order valence-electron chi connectivity index (χ2n) is 4.83. The van der Waals surface area contributed by atoms with Crippen LogP contribution in [0.3, 0.4) is 0 Å². The number of pyridine rings is 1. The lowest BCUT2D eigenvalue weighted by atomic mass is 9.94. The van der Waals surface area contributed by atoms with Crippen LogP contribution in [0.15, 0.2) is 54.9 Å². The molecule has 0 aliphatic rings. The molecule has 4 heteroatoms. The summed E-state index contributed by atoms with van der Waals surface area (Å²) in [6, 6.07) is 12.4. The highest BCUT2D eigenvalue weighted by atomic mass is 35.5. The van der Waals surface area contributed by atoms with Crippen LogP contribution in [-0.4, -0.2) is 12.0 Å². The summed E-state index contributed by atoms with van der Waals surface area (Å²) >= 11 is 6.21. The predicted octanol–water partition coefficient (Wildman–Crippen LogP) is 4.34. The molecular weight excluding hydrogens is 287 g/mol. The third-order valence-corrected chi connectivity index (χ3v) is 3.91. The molecule has 2 nitrogen and oxygen atoms in total. The van der Waals surface area contributed by atoms with Crippen LogP contribution in [0.25, 0.3) is 10.8 Å². The summed E-state index contributed by atoms with van der Waals surface area (Å²) in [5, 5.41) is 5.84. The van der Waals surface area contributed by atoms with Crippen LogP contribution in [-0.2, 0) is 0 Å². The summed E-state index contributed by atoms with van der Waals surface area (Å²) in [5.41, 5.74) is 1.94. The molecule has 0 bridgehead atoms. The Morgan fingerprint density at radius 1 is 1.14 bits per heavy atom. The van der Waals surface area contributed by atoms with Gasteiger partial charge in [0, 0.05) is 22.8 Å². The van der Waals surface area contributed by atoms with E-state index in [9.17, 15) is 4.39 Å². The highest BCUT2D eigenvalue weighted by Crippen LogP contribution is 2.32. The van der Waals surface area contributed by atoms with Crippen LogP contribution >= 0.6 is 11.6 Å². The van der Waals surface area contributed by atoms with Crippen molar-refractivity contribution in [3.63, 3.8) is 0 Å².